The first-order valence-electron chi connectivity index (χ1n) is 6.08. The molecule has 0 atom stereocenters. The number of nitrogen functional groups attached to an aromatic ring is 1. The molecule has 4 heteroatoms. The second-order valence-corrected chi connectivity index (χ2v) is 4.67. The molecule has 1 amide bonds. The molecule has 17 heavy (non-hydrogen) atoms. The predicted octanol–water partition coefficient (Wildman–Crippen LogP) is 1.27. The number of hydrogen-bond donors (Lipinski definition) is 3. The highest BCUT2D eigenvalue weighted by molar-refractivity contribution is 5.99. The molecule has 92 valence electrons. The highest BCUT2D eigenvalue weighted by atomic mass is 16.1. The lowest BCUT2D eigenvalue weighted by Crippen LogP contribution is -2.40. The van der Waals surface area contributed by atoms with Gasteiger partial charge in [0.05, 0.1) is 5.56 Å². The van der Waals surface area contributed by atoms with E-state index < -0.39 is 0 Å². The SMILES string of the molecule is Nc1ccccc1C(=O)NC1CCC(N)CC1. The molecule has 0 aromatic heterocycles. The van der Waals surface area contributed by atoms with Gasteiger partial charge in [0.1, 0.15) is 0 Å². The van der Waals surface area contributed by atoms with Gasteiger partial charge in [-0.05, 0) is 37.8 Å². The number of amides is 1. The number of carbonyl (C=O) groups is 1. The van der Waals surface area contributed by atoms with Gasteiger partial charge in [0.2, 0.25) is 0 Å². The fourth-order valence-corrected chi connectivity index (χ4v) is 2.23. The number of benzene rings is 1. The summed E-state index contributed by atoms with van der Waals surface area (Å²) in [7, 11) is 0. The summed E-state index contributed by atoms with van der Waals surface area (Å²) in [4.78, 5) is 12.0. The smallest absolute Gasteiger partial charge is 0.253 e. The van der Waals surface area contributed by atoms with Crippen LogP contribution in [0.1, 0.15) is 36.0 Å². The van der Waals surface area contributed by atoms with E-state index in [9.17, 15) is 4.79 Å². The number of para-hydroxylation sites is 1. The van der Waals surface area contributed by atoms with E-state index in [4.69, 9.17) is 11.5 Å². The van der Waals surface area contributed by atoms with Crippen LogP contribution in [0.3, 0.4) is 0 Å². The summed E-state index contributed by atoms with van der Waals surface area (Å²) in [6, 6.07) is 7.67. The summed E-state index contributed by atoms with van der Waals surface area (Å²) >= 11 is 0. The van der Waals surface area contributed by atoms with Crippen molar-refractivity contribution in [3.8, 4) is 0 Å². The summed E-state index contributed by atoms with van der Waals surface area (Å²) in [6.07, 6.45) is 3.88. The van der Waals surface area contributed by atoms with E-state index in [1.165, 1.54) is 0 Å². The Kier molecular flexibility index (Phi) is 3.64. The van der Waals surface area contributed by atoms with Gasteiger partial charge >= 0.3 is 0 Å². The maximum absolute atomic E-state index is 12.0. The zero-order valence-electron chi connectivity index (χ0n) is 9.86. The van der Waals surface area contributed by atoms with Crippen molar-refractivity contribution in [2.45, 2.75) is 37.8 Å². The Hall–Kier alpha value is -1.55. The lowest BCUT2D eigenvalue weighted by atomic mass is 9.91. The second kappa shape index (κ2) is 5.19. The van der Waals surface area contributed by atoms with Gasteiger partial charge in [-0.25, -0.2) is 0 Å². The Morgan fingerprint density at radius 3 is 2.47 bits per heavy atom. The van der Waals surface area contributed by atoms with Crippen molar-refractivity contribution in [2.24, 2.45) is 5.73 Å². The maximum atomic E-state index is 12.0. The summed E-state index contributed by atoms with van der Waals surface area (Å²) in [5.74, 6) is -0.0800. The predicted molar refractivity (Wildman–Crippen MR) is 68.6 cm³/mol. The number of carbonyl (C=O) groups excluding carboxylic acids is 1. The molecule has 0 radical (unpaired) electrons. The van der Waals surface area contributed by atoms with Crippen molar-refractivity contribution in [2.75, 3.05) is 5.73 Å². The van der Waals surface area contributed by atoms with Crippen LogP contribution in [0.15, 0.2) is 24.3 Å². The fourth-order valence-electron chi connectivity index (χ4n) is 2.23. The summed E-state index contributed by atoms with van der Waals surface area (Å²) in [6.45, 7) is 0. The molecular weight excluding hydrogens is 214 g/mol. The van der Waals surface area contributed by atoms with Gasteiger partial charge in [-0.15, -0.1) is 0 Å². The molecule has 1 aliphatic rings. The van der Waals surface area contributed by atoms with Crippen molar-refractivity contribution in [3.63, 3.8) is 0 Å². The fraction of sp³-hybridized carbons (Fsp3) is 0.462. The van der Waals surface area contributed by atoms with Gasteiger partial charge in [0.25, 0.3) is 5.91 Å². The van der Waals surface area contributed by atoms with Crippen LogP contribution in [-0.4, -0.2) is 18.0 Å². The number of nitrogens with one attached hydrogen (secondary N) is 1. The monoisotopic (exact) mass is 233 g/mol. The molecule has 0 unspecified atom stereocenters. The van der Waals surface area contributed by atoms with Gasteiger partial charge in [0.15, 0.2) is 0 Å². The highest BCUT2D eigenvalue weighted by Crippen LogP contribution is 2.18. The minimum atomic E-state index is -0.0800. The van der Waals surface area contributed by atoms with Crippen LogP contribution in [0.4, 0.5) is 5.69 Å². The van der Waals surface area contributed by atoms with Crippen LogP contribution in [0.5, 0.6) is 0 Å². The molecule has 0 spiro atoms. The lowest BCUT2D eigenvalue weighted by Gasteiger charge is -2.26. The quantitative estimate of drug-likeness (QED) is 0.673. The minimum Gasteiger partial charge on any atom is -0.398 e. The Morgan fingerprint density at radius 1 is 1.18 bits per heavy atom. The molecule has 5 N–H and O–H groups in total. The summed E-state index contributed by atoms with van der Waals surface area (Å²) in [5.41, 5.74) is 12.7. The average Bonchev–Trinajstić information content (AvgIpc) is 2.32. The first kappa shape index (κ1) is 11.9. The van der Waals surface area contributed by atoms with Gasteiger partial charge in [-0.3, -0.25) is 4.79 Å². The van der Waals surface area contributed by atoms with Crippen molar-refractivity contribution in [1.82, 2.24) is 5.32 Å². The maximum Gasteiger partial charge on any atom is 0.253 e. The van der Waals surface area contributed by atoms with Crippen LogP contribution < -0.4 is 16.8 Å². The summed E-state index contributed by atoms with van der Waals surface area (Å²) < 4.78 is 0. The van der Waals surface area contributed by atoms with Crippen molar-refractivity contribution in [1.29, 1.82) is 0 Å². The minimum absolute atomic E-state index is 0.0800. The van der Waals surface area contributed by atoms with Gasteiger partial charge in [0, 0.05) is 17.8 Å². The number of rotatable bonds is 2. The normalized spacial score (nSPS) is 24.3. The zero-order valence-corrected chi connectivity index (χ0v) is 9.86. The van der Waals surface area contributed by atoms with Crippen LogP contribution >= 0.6 is 0 Å². The second-order valence-electron chi connectivity index (χ2n) is 4.67. The molecule has 2 rings (SSSR count). The Balaban J connectivity index is 1.96. The number of hydrogen-bond acceptors (Lipinski definition) is 3. The molecule has 0 aliphatic heterocycles. The molecule has 0 heterocycles. The third-order valence-corrected chi connectivity index (χ3v) is 3.31. The Labute approximate surface area is 101 Å². The van der Waals surface area contributed by atoms with Crippen molar-refractivity contribution >= 4 is 11.6 Å². The zero-order chi connectivity index (χ0) is 12.3. The average molecular weight is 233 g/mol. The Morgan fingerprint density at radius 2 is 1.82 bits per heavy atom. The first-order chi connectivity index (χ1) is 8.16. The van der Waals surface area contributed by atoms with E-state index in [2.05, 4.69) is 5.32 Å². The van der Waals surface area contributed by atoms with Crippen LogP contribution in [-0.2, 0) is 0 Å². The summed E-state index contributed by atoms with van der Waals surface area (Å²) in [5, 5.41) is 3.02. The van der Waals surface area contributed by atoms with E-state index in [1.54, 1.807) is 12.1 Å². The van der Waals surface area contributed by atoms with E-state index in [0.29, 0.717) is 17.3 Å². The third-order valence-electron chi connectivity index (χ3n) is 3.31. The molecule has 1 aromatic carbocycles. The van der Waals surface area contributed by atoms with E-state index in [-0.39, 0.29) is 11.9 Å². The van der Waals surface area contributed by atoms with E-state index >= 15 is 0 Å². The molecule has 0 bridgehead atoms. The molecular formula is C13H19N3O. The molecule has 4 nitrogen and oxygen atoms in total. The van der Waals surface area contributed by atoms with Gasteiger partial charge in [-0.1, -0.05) is 12.1 Å². The third kappa shape index (κ3) is 2.97. The van der Waals surface area contributed by atoms with Crippen molar-refractivity contribution < 1.29 is 4.79 Å². The van der Waals surface area contributed by atoms with Gasteiger partial charge < -0.3 is 16.8 Å². The van der Waals surface area contributed by atoms with E-state index in [1.807, 2.05) is 12.1 Å². The molecule has 1 aliphatic carbocycles. The molecule has 1 fully saturated rings. The standard InChI is InChI=1S/C13H19N3O/c14-9-5-7-10(8-6-9)16-13(17)11-3-1-2-4-12(11)15/h1-4,9-10H,5-8,14-15H2,(H,16,17). The molecule has 0 saturated heterocycles. The lowest BCUT2D eigenvalue weighted by molar-refractivity contribution is 0.0927. The highest BCUT2D eigenvalue weighted by Gasteiger charge is 2.21. The molecule has 1 saturated carbocycles. The van der Waals surface area contributed by atoms with Crippen LogP contribution in [0.2, 0.25) is 0 Å². The number of anilines is 1. The Bertz CT molecular complexity index is 397. The first-order valence-corrected chi connectivity index (χ1v) is 6.08. The van der Waals surface area contributed by atoms with Crippen LogP contribution in [0, 0.1) is 0 Å². The molecule has 1 aromatic rings. The topological polar surface area (TPSA) is 81.1 Å². The van der Waals surface area contributed by atoms with Crippen molar-refractivity contribution in [3.05, 3.63) is 29.8 Å². The number of nitrogens with two attached hydrogens (primary N) is 2. The van der Waals surface area contributed by atoms with Crippen LogP contribution in [0.25, 0.3) is 0 Å². The van der Waals surface area contributed by atoms with E-state index in [0.717, 1.165) is 25.7 Å². The largest absolute Gasteiger partial charge is 0.398 e. The van der Waals surface area contributed by atoms with Gasteiger partial charge in [-0.2, -0.15) is 0 Å².